The van der Waals surface area contributed by atoms with Crippen LogP contribution in [0.4, 0.5) is 15.9 Å². The van der Waals surface area contributed by atoms with E-state index in [9.17, 15) is 14.0 Å². The van der Waals surface area contributed by atoms with Gasteiger partial charge in [-0.2, -0.15) is 5.10 Å². The summed E-state index contributed by atoms with van der Waals surface area (Å²) in [6, 6.07) is 12.2. The van der Waals surface area contributed by atoms with Crippen LogP contribution in [0.1, 0.15) is 12.5 Å². The predicted molar refractivity (Wildman–Crippen MR) is 100.0 cm³/mol. The van der Waals surface area contributed by atoms with E-state index in [1.165, 1.54) is 22.9 Å². The molecule has 2 N–H and O–H groups in total. The fourth-order valence-electron chi connectivity index (χ4n) is 3.02. The number of halogens is 2. The molecule has 0 fully saturated rings. The predicted octanol–water partition coefficient (Wildman–Crippen LogP) is 3.86. The molecule has 27 heavy (non-hydrogen) atoms. The summed E-state index contributed by atoms with van der Waals surface area (Å²) in [6.45, 7) is 0. The normalized spacial score (nSPS) is 15.3. The van der Waals surface area contributed by atoms with Crippen molar-refractivity contribution in [3.05, 3.63) is 65.6 Å². The van der Waals surface area contributed by atoms with E-state index < -0.39 is 17.8 Å². The molecule has 8 heteroatoms. The second-order valence-corrected chi connectivity index (χ2v) is 6.54. The van der Waals surface area contributed by atoms with Gasteiger partial charge in [0.1, 0.15) is 17.7 Å². The molecule has 0 saturated heterocycles. The van der Waals surface area contributed by atoms with Crippen LogP contribution in [0.25, 0.3) is 11.1 Å². The van der Waals surface area contributed by atoms with Gasteiger partial charge in [0, 0.05) is 10.6 Å². The van der Waals surface area contributed by atoms with E-state index >= 15 is 0 Å². The molecular formula is C19H14ClFN4O2. The molecule has 2 aromatic carbocycles. The Kier molecular flexibility index (Phi) is 4.37. The Morgan fingerprint density at radius 2 is 2.07 bits per heavy atom. The molecule has 0 saturated carbocycles. The van der Waals surface area contributed by atoms with Gasteiger partial charge in [0.25, 0.3) is 5.91 Å². The molecule has 3 aromatic rings. The smallest absolute Gasteiger partial charge is 0.251 e. The van der Waals surface area contributed by atoms with E-state index in [0.29, 0.717) is 16.4 Å². The molecule has 0 aliphatic carbocycles. The zero-order valence-corrected chi connectivity index (χ0v) is 14.7. The van der Waals surface area contributed by atoms with Crippen molar-refractivity contribution >= 4 is 34.9 Å². The van der Waals surface area contributed by atoms with Crippen LogP contribution in [0.2, 0.25) is 5.02 Å². The number of hydrogen-bond acceptors (Lipinski definition) is 3. The number of aromatic nitrogens is 2. The number of hydrogen-bond donors (Lipinski definition) is 2. The molecule has 1 aliphatic rings. The van der Waals surface area contributed by atoms with Gasteiger partial charge in [-0.05, 0) is 29.8 Å². The van der Waals surface area contributed by atoms with Gasteiger partial charge < -0.3 is 10.6 Å². The summed E-state index contributed by atoms with van der Waals surface area (Å²) in [6.07, 6.45) is 1.45. The fraction of sp³-hybridized carbons (Fsp3) is 0.105. The number of para-hydroxylation sites is 1. The summed E-state index contributed by atoms with van der Waals surface area (Å²) in [7, 11) is 0. The van der Waals surface area contributed by atoms with E-state index in [-0.39, 0.29) is 18.0 Å². The largest absolute Gasteiger partial charge is 0.324 e. The number of nitrogens with one attached hydrogen (secondary N) is 2. The van der Waals surface area contributed by atoms with Crippen molar-refractivity contribution in [2.24, 2.45) is 0 Å². The van der Waals surface area contributed by atoms with Gasteiger partial charge in [0.15, 0.2) is 0 Å². The summed E-state index contributed by atoms with van der Waals surface area (Å²) in [5, 5.41) is 10.1. The average Bonchev–Trinajstić information content (AvgIpc) is 3.17. The maximum absolute atomic E-state index is 13.7. The second-order valence-electron chi connectivity index (χ2n) is 6.10. The van der Waals surface area contributed by atoms with Gasteiger partial charge >= 0.3 is 0 Å². The highest BCUT2D eigenvalue weighted by Crippen LogP contribution is 2.36. The quantitative estimate of drug-likeness (QED) is 0.717. The van der Waals surface area contributed by atoms with Crippen molar-refractivity contribution in [1.82, 2.24) is 9.78 Å². The van der Waals surface area contributed by atoms with Gasteiger partial charge in [-0.25, -0.2) is 9.07 Å². The van der Waals surface area contributed by atoms with Crippen molar-refractivity contribution < 1.29 is 14.0 Å². The number of rotatable bonds is 4. The van der Waals surface area contributed by atoms with Crippen LogP contribution in [-0.2, 0) is 9.59 Å². The van der Waals surface area contributed by atoms with E-state index in [0.717, 1.165) is 5.56 Å². The Morgan fingerprint density at radius 1 is 1.26 bits per heavy atom. The molecule has 1 aliphatic heterocycles. The second kappa shape index (κ2) is 6.85. The summed E-state index contributed by atoms with van der Waals surface area (Å²) < 4.78 is 15.2. The van der Waals surface area contributed by atoms with Gasteiger partial charge in [-0.1, -0.05) is 35.9 Å². The van der Waals surface area contributed by atoms with E-state index in [2.05, 4.69) is 15.7 Å². The van der Waals surface area contributed by atoms with E-state index in [1.54, 1.807) is 30.5 Å². The molecule has 2 amide bonds. The number of fused-ring (bicyclic) bond motifs is 1. The fourth-order valence-corrected chi connectivity index (χ4v) is 3.21. The highest BCUT2D eigenvalue weighted by atomic mass is 35.5. The van der Waals surface area contributed by atoms with Gasteiger partial charge in [-0.15, -0.1) is 0 Å². The molecule has 4 rings (SSSR count). The van der Waals surface area contributed by atoms with Crippen molar-refractivity contribution in [1.29, 1.82) is 0 Å². The molecule has 1 atom stereocenters. The average molecular weight is 385 g/mol. The third-order valence-corrected chi connectivity index (χ3v) is 4.53. The third-order valence-electron chi connectivity index (χ3n) is 4.30. The molecule has 6 nitrogen and oxygen atoms in total. The summed E-state index contributed by atoms with van der Waals surface area (Å²) in [4.78, 5) is 24.6. The van der Waals surface area contributed by atoms with E-state index in [1.807, 2.05) is 6.07 Å². The van der Waals surface area contributed by atoms with Crippen molar-refractivity contribution in [2.45, 2.75) is 12.5 Å². The first-order valence-corrected chi connectivity index (χ1v) is 8.59. The topological polar surface area (TPSA) is 76.0 Å². The van der Waals surface area contributed by atoms with Gasteiger partial charge in [0.2, 0.25) is 5.91 Å². The Morgan fingerprint density at radius 3 is 2.85 bits per heavy atom. The molecule has 0 bridgehead atoms. The molecule has 1 unspecified atom stereocenters. The van der Waals surface area contributed by atoms with Crippen LogP contribution in [0.15, 0.2) is 54.7 Å². The van der Waals surface area contributed by atoms with Crippen molar-refractivity contribution in [3.8, 4) is 11.1 Å². The van der Waals surface area contributed by atoms with Crippen LogP contribution in [-0.4, -0.2) is 21.6 Å². The molecule has 1 aromatic heterocycles. The monoisotopic (exact) mass is 384 g/mol. The third kappa shape index (κ3) is 3.29. The minimum atomic E-state index is -0.806. The van der Waals surface area contributed by atoms with Crippen molar-refractivity contribution in [2.75, 3.05) is 10.6 Å². The molecule has 0 radical (unpaired) electrons. The van der Waals surface area contributed by atoms with Crippen LogP contribution in [0, 0.1) is 5.82 Å². The first-order valence-electron chi connectivity index (χ1n) is 8.21. The Labute approximate surface area is 158 Å². The van der Waals surface area contributed by atoms with Gasteiger partial charge in [0.05, 0.1) is 18.3 Å². The number of amides is 2. The number of benzene rings is 2. The van der Waals surface area contributed by atoms with Gasteiger partial charge in [-0.3, -0.25) is 9.59 Å². The first kappa shape index (κ1) is 17.2. The highest BCUT2D eigenvalue weighted by Gasteiger charge is 2.35. The maximum Gasteiger partial charge on any atom is 0.251 e. The molecule has 2 heterocycles. The lowest BCUT2D eigenvalue weighted by Crippen LogP contribution is -2.23. The molecule has 0 spiro atoms. The number of carbonyl (C=O) groups excluding carboxylic acids is 2. The summed E-state index contributed by atoms with van der Waals surface area (Å²) >= 11 is 6.03. The van der Waals surface area contributed by atoms with Crippen LogP contribution >= 0.6 is 11.6 Å². The zero-order chi connectivity index (χ0) is 19.0. The van der Waals surface area contributed by atoms with Crippen molar-refractivity contribution in [3.63, 3.8) is 0 Å². The Hall–Kier alpha value is -3.19. The number of anilines is 2. The Bertz CT molecular complexity index is 1050. The summed E-state index contributed by atoms with van der Waals surface area (Å²) in [5.74, 6) is -0.853. The van der Waals surface area contributed by atoms with Crippen LogP contribution < -0.4 is 10.6 Å². The van der Waals surface area contributed by atoms with Crippen LogP contribution in [0.3, 0.4) is 0 Å². The van der Waals surface area contributed by atoms with E-state index in [4.69, 9.17) is 11.6 Å². The standard InChI is InChI=1S/C19H14ClFN4O2/c20-12-5-3-4-11(8-12)13-10-22-25-16(19(27)24-18(13)25)9-17(26)23-15-7-2-1-6-14(15)21/h1-8,10,16H,9H2,(H,23,26)(H,24,27). The lowest BCUT2D eigenvalue weighted by atomic mass is 10.1. The number of nitrogens with zero attached hydrogens (tertiary/aromatic N) is 2. The molecular weight excluding hydrogens is 371 g/mol. The maximum atomic E-state index is 13.7. The number of carbonyl (C=O) groups is 2. The minimum Gasteiger partial charge on any atom is -0.324 e. The zero-order valence-electron chi connectivity index (χ0n) is 13.9. The highest BCUT2D eigenvalue weighted by molar-refractivity contribution is 6.30. The summed E-state index contributed by atoms with van der Waals surface area (Å²) in [5.41, 5.74) is 1.59. The van der Waals surface area contributed by atoms with Crippen LogP contribution in [0.5, 0.6) is 0 Å². The minimum absolute atomic E-state index is 0.0706. The SMILES string of the molecule is O=C(CC1C(=O)Nc2c(-c3cccc(Cl)c3)cnn21)Nc1ccccc1F. The molecule has 136 valence electrons. The Balaban J connectivity index is 1.56. The lowest BCUT2D eigenvalue weighted by Gasteiger charge is -2.10. The lowest BCUT2D eigenvalue weighted by molar-refractivity contribution is -0.123. The first-order chi connectivity index (χ1) is 13.0.